The van der Waals surface area contributed by atoms with E-state index in [1.54, 1.807) is 13.2 Å². The van der Waals surface area contributed by atoms with Gasteiger partial charge in [0.05, 0.1) is 6.61 Å². The first-order valence-electron chi connectivity index (χ1n) is 6.73. The number of carbonyl (C=O) groups is 1. The molecular weight excluding hydrogens is 290 g/mol. The molecule has 0 bridgehead atoms. The van der Waals surface area contributed by atoms with E-state index in [0.717, 1.165) is 16.5 Å². The number of anilines is 1. The van der Waals surface area contributed by atoms with Crippen LogP contribution in [0, 0.1) is 0 Å². The van der Waals surface area contributed by atoms with Gasteiger partial charge in [-0.1, -0.05) is 0 Å². The Labute approximate surface area is 127 Å². The zero-order valence-electron chi connectivity index (χ0n) is 12.0. The third-order valence-corrected chi connectivity index (χ3v) is 3.94. The topological polar surface area (TPSA) is 70.8 Å². The number of ether oxygens (including phenoxy) is 3. The average Bonchev–Trinajstić information content (AvgIpc) is 2.89. The van der Waals surface area contributed by atoms with E-state index in [-0.39, 0.29) is 12.6 Å². The van der Waals surface area contributed by atoms with Crippen molar-refractivity contribution < 1.29 is 19.0 Å². The quantitative estimate of drug-likeness (QED) is 0.461. The fourth-order valence-electron chi connectivity index (χ4n) is 1.83. The average molecular weight is 309 g/mol. The second-order valence-corrected chi connectivity index (χ2v) is 5.59. The molecule has 5 nitrogen and oxygen atoms in total. The van der Waals surface area contributed by atoms with Gasteiger partial charge in [-0.2, -0.15) is 0 Å². The maximum Gasteiger partial charge on any atom is 0.348 e. The molecule has 0 aliphatic heterocycles. The van der Waals surface area contributed by atoms with Crippen LogP contribution in [0.15, 0.2) is 24.3 Å². The summed E-state index contributed by atoms with van der Waals surface area (Å²) in [6.45, 7) is 1.92. The fraction of sp³-hybridized carbons (Fsp3) is 0.400. The third kappa shape index (κ3) is 4.70. The van der Waals surface area contributed by atoms with Crippen LogP contribution in [0.4, 0.5) is 5.69 Å². The van der Waals surface area contributed by atoms with E-state index in [0.29, 0.717) is 30.4 Å². The van der Waals surface area contributed by atoms with Crippen molar-refractivity contribution in [2.45, 2.75) is 6.42 Å². The molecule has 1 heterocycles. The van der Waals surface area contributed by atoms with Gasteiger partial charge < -0.3 is 19.9 Å². The molecule has 1 aromatic heterocycles. The van der Waals surface area contributed by atoms with E-state index >= 15 is 0 Å². The van der Waals surface area contributed by atoms with Gasteiger partial charge >= 0.3 is 5.97 Å². The molecule has 21 heavy (non-hydrogen) atoms. The molecule has 0 spiro atoms. The van der Waals surface area contributed by atoms with Crippen molar-refractivity contribution in [2.75, 3.05) is 39.3 Å². The number of carbonyl (C=O) groups excluding carboxylic acids is 1. The molecule has 0 radical (unpaired) electrons. The number of hydrogen-bond donors (Lipinski definition) is 1. The Balaban J connectivity index is 1.77. The molecule has 6 heteroatoms. The number of rotatable bonds is 8. The van der Waals surface area contributed by atoms with Gasteiger partial charge in [-0.15, -0.1) is 11.3 Å². The van der Waals surface area contributed by atoms with Gasteiger partial charge in [-0.25, -0.2) is 4.79 Å². The highest BCUT2D eigenvalue weighted by molar-refractivity contribution is 7.20. The van der Waals surface area contributed by atoms with E-state index in [1.807, 2.05) is 18.2 Å². The van der Waals surface area contributed by atoms with Crippen LogP contribution >= 0.6 is 11.3 Å². The third-order valence-electron chi connectivity index (χ3n) is 2.84. The molecule has 114 valence electrons. The van der Waals surface area contributed by atoms with Crippen molar-refractivity contribution in [1.29, 1.82) is 0 Å². The van der Waals surface area contributed by atoms with Crippen molar-refractivity contribution in [3.05, 3.63) is 29.1 Å². The molecule has 0 amide bonds. The Hall–Kier alpha value is -1.63. The Morgan fingerprint density at radius 3 is 2.86 bits per heavy atom. The number of methoxy groups -OCH3 is 1. The molecule has 0 saturated carbocycles. The second kappa shape index (κ2) is 7.97. The summed E-state index contributed by atoms with van der Waals surface area (Å²) >= 11 is 1.40. The highest BCUT2D eigenvalue weighted by atomic mass is 32.1. The van der Waals surface area contributed by atoms with Crippen molar-refractivity contribution >= 4 is 33.1 Å². The van der Waals surface area contributed by atoms with Gasteiger partial charge in [0.1, 0.15) is 11.5 Å². The van der Waals surface area contributed by atoms with E-state index in [9.17, 15) is 4.79 Å². The first kappa shape index (κ1) is 15.8. The number of esters is 1. The maximum atomic E-state index is 11.9. The van der Waals surface area contributed by atoms with Crippen molar-refractivity contribution in [3.8, 4) is 0 Å². The monoisotopic (exact) mass is 309 g/mol. The summed E-state index contributed by atoms with van der Waals surface area (Å²) in [7, 11) is 1.65. The van der Waals surface area contributed by atoms with Crippen LogP contribution in [-0.2, 0) is 14.2 Å². The van der Waals surface area contributed by atoms with Gasteiger partial charge in [-0.3, -0.25) is 0 Å². The maximum absolute atomic E-state index is 11.9. The first-order chi connectivity index (χ1) is 10.2. The van der Waals surface area contributed by atoms with Crippen LogP contribution in [0.2, 0.25) is 0 Å². The summed E-state index contributed by atoms with van der Waals surface area (Å²) in [4.78, 5) is 12.5. The van der Waals surface area contributed by atoms with Crippen molar-refractivity contribution in [2.24, 2.45) is 0 Å². The van der Waals surface area contributed by atoms with Gasteiger partial charge in [0.25, 0.3) is 0 Å². The highest BCUT2D eigenvalue weighted by Crippen LogP contribution is 2.27. The summed E-state index contributed by atoms with van der Waals surface area (Å²) in [5.74, 6) is -0.324. The minimum absolute atomic E-state index is 0.252. The molecule has 0 fully saturated rings. The summed E-state index contributed by atoms with van der Waals surface area (Å²) in [6.07, 6.45) is 0.835. The SMILES string of the molecule is COCCCOCCOC(=O)c1cc2cc(N)ccc2s1. The van der Waals surface area contributed by atoms with Crippen LogP contribution in [0.1, 0.15) is 16.1 Å². The lowest BCUT2D eigenvalue weighted by Crippen LogP contribution is -2.10. The fourth-order valence-corrected chi connectivity index (χ4v) is 2.77. The lowest BCUT2D eigenvalue weighted by atomic mass is 10.2. The zero-order valence-corrected chi connectivity index (χ0v) is 12.8. The molecule has 0 saturated heterocycles. The smallest absolute Gasteiger partial charge is 0.348 e. The van der Waals surface area contributed by atoms with Crippen LogP contribution < -0.4 is 5.73 Å². The minimum Gasteiger partial charge on any atom is -0.459 e. The Kier molecular flexibility index (Phi) is 5.98. The molecule has 0 aliphatic rings. The normalized spacial score (nSPS) is 10.9. The summed E-state index contributed by atoms with van der Waals surface area (Å²) in [5, 5.41) is 0.961. The molecule has 1 aromatic carbocycles. The van der Waals surface area contributed by atoms with Crippen LogP contribution in [0.25, 0.3) is 10.1 Å². The molecule has 0 aliphatic carbocycles. The van der Waals surface area contributed by atoms with Gasteiger partial charge in [0.2, 0.25) is 0 Å². The number of thiophene rings is 1. The van der Waals surface area contributed by atoms with Crippen molar-refractivity contribution in [1.82, 2.24) is 0 Å². The van der Waals surface area contributed by atoms with E-state index in [1.165, 1.54) is 11.3 Å². The van der Waals surface area contributed by atoms with E-state index in [2.05, 4.69) is 0 Å². The molecular formula is C15H19NO4S. The predicted molar refractivity (Wildman–Crippen MR) is 83.8 cm³/mol. The van der Waals surface area contributed by atoms with Crippen molar-refractivity contribution in [3.63, 3.8) is 0 Å². The van der Waals surface area contributed by atoms with Gasteiger partial charge in [0.15, 0.2) is 0 Å². The summed E-state index contributed by atoms with van der Waals surface area (Å²) < 4.78 is 16.4. The number of fused-ring (bicyclic) bond motifs is 1. The number of nitrogens with two attached hydrogens (primary N) is 1. The largest absolute Gasteiger partial charge is 0.459 e. The molecule has 2 rings (SSSR count). The first-order valence-corrected chi connectivity index (χ1v) is 7.55. The predicted octanol–water partition coefficient (Wildman–Crippen LogP) is 2.69. The zero-order chi connectivity index (χ0) is 15.1. The van der Waals surface area contributed by atoms with Gasteiger partial charge in [0, 0.05) is 30.7 Å². The lowest BCUT2D eigenvalue weighted by Gasteiger charge is -2.04. The lowest BCUT2D eigenvalue weighted by molar-refractivity contribution is 0.0292. The summed E-state index contributed by atoms with van der Waals surface area (Å²) in [5.41, 5.74) is 6.41. The van der Waals surface area contributed by atoms with Crippen LogP contribution in [0.3, 0.4) is 0 Å². The summed E-state index contributed by atoms with van der Waals surface area (Å²) in [6, 6.07) is 7.38. The Bertz CT molecular complexity index is 596. The number of benzene rings is 1. The van der Waals surface area contributed by atoms with Gasteiger partial charge in [-0.05, 0) is 36.1 Å². The highest BCUT2D eigenvalue weighted by Gasteiger charge is 2.11. The van der Waals surface area contributed by atoms with Crippen LogP contribution in [-0.4, -0.2) is 39.5 Å². The van der Waals surface area contributed by atoms with Crippen LogP contribution in [0.5, 0.6) is 0 Å². The number of nitrogen functional groups attached to an aromatic ring is 1. The second-order valence-electron chi connectivity index (χ2n) is 4.50. The molecule has 0 atom stereocenters. The Morgan fingerprint density at radius 1 is 1.19 bits per heavy atom. The molecule has 0 unspecified atom stereocenters. The Morgan fingerprint density at radius 2 is 2.05 bits per heavy atom. The minimum atomic E-state index is -0.324. The van der Waals surface area contributed by atoms with E-state index in [4.69, 9.17) is 19.9 Å². The van der Waals surface area contributed by atoms with E-state index < -0.39 is 0 Å². The number of hydrogen-bond acceptors (Lipinski definition) is 6. The standard InChI is InChI=1S/C15H19NO4S/c1-18-5-2-6-19-7-8-20-15(17)14-10-11-9-12(16)3-4-13(11)21-14/h3-4,9-10H,2,5-8,16H2,1H3. The molecule has 2 aromatic rings. The molecule has 2 N–H and O–H groups in total.